The molecule has 26 heavy (non-hydrogen) atoms. The van der Waals surface area contributed by atoms with Crippen molar-refractivity contribution in [1.82, 2.24) is 15.5 Å². The number of likely N-dealkylation sites (N-methyl/N-ethyl adjacent to an activating group) is 1. The second-order valence-corrected chi connectivity index (χ2v) is 6.87. The summed E-state index contributed by atoms with van der Waals surface area (Å²) in [6.07, 6.45) is 1.97. The number of carbonyl (C=O) groups excluding carboxylic acids is 1. The summed E-state index contributed by atoms with van der Waals surface area (Å²) in [5, 5.41) is 6.13. The minimum atomic E-state index is -0.131. The molecule has 2 N–H and O–H groups in total. The fraction of sp³-hybridized carbons (Fsp3) is 0.381. The first-order valence-electron chi connectivity index (χ1n) is 9.01. The molecular formula is C21H27N3O2. The van der Waals surface area contributed by atoms with Gasteiger partial charge in [0.05, 0.1) is 19.2 Å². The fourth-order valence-electron chi connectivity index (χ4n) is 3.62. The Morgan fingerprint density at radius 3 is 2.69 bits per heavy atom. The highest BCUT2D eigenvalue weighted by atomic mass is 16.5. The summed E-state index contributed by atoms with van der Waals surface area (Å²) >= 11 is 0. The predicted octanol–water partition coefficient (Wildman–Crippen LogP) is 3.28. The predicted molar refractivity (Wildman–Crippen MR) is 103 cm³/mol. The van der Waals surface area contributed by atoms with Crippen molar-refractivity contribution in [3.63, 3.8) is 0 Å². The van der Waals surface area contributed by atoms with E-state index in [2.05, 4.69) is 33.7 Å². The summed E-state index contributed by atoms with van der Waals surface area (Å²) in [5.41, 5.74) is 3.63. The Morgan fingerprint density at radius 1 is 1.19 bits per heavy atom. The van der Waals surface area contributed by atoms with Crippen molar-refractivity contribution in [3.8, 4) is 5.75 Å². The summed E-state index contributed by atoms with van der Waals surface area (Å²) in [5.74, 6) is 0.832. The van der Waals surface area contributed by atoms with E-state index in [-0.39, 0.29) is 18.1 Å². The van der Waals surface area contributed by atoms with Crippen molar-refractivity contribution in [2.24, 2.45) is 0 Å². The molecule has 2 unspecified atom stereocenters. The first-order valence-corrected chi connectivity index (χ1v) is 9.01. The Morgan fingerprint density at radius 2 is 1.92 bits per heavy atom. The van der Waals surface area contributed by atoms with Crippen LogP contribution in [0.1, 0.15) is 35.2 Å². The van der Waals surface area contributed by atoms with Crippen molar-refractivity contribution >= 4 is 6.03 Å². The topological polar surface area (TPSA) is 53.6 Å². The van der Waals surface area contributed by atoms with E-state index < -0.39 is 0 Å². The van der Waals surface area contributed by atoms with E-state index in [1.54, 1.807) is 7.11 Å². The minimum absolute atomic E-state index is 0.0350. The summed E-state index contributed by atoms with van der Waals surface area (Å²) in [6, 6.07) is 16.2. The van der Waals surface area contributed by atoms with Crippen LogP contribution in [0.25, 0.3) is 0 Å². The molecule has 2 aromatic carbocycles. The Labute approximate surface area is 155 Å². The normalized spacial score (nSPS) is 16.8. The molecule has 5 heteroatoms. The number of hydrogen-bond donors (Lipinski definition) is 2. The van der Waals surface area contributed by atoms with Crippen molar-refractivity contribution < 1.29 is 9.53 Å². The molecule has 5 nitrogen and oxygen atoms in total. The molecule has 3 rings (SSSR count). The first kappa shape index (κ1) is 18.3. The van der Waals surface area contributed by atoms with E-state index in [1.165, 1.54) is 11.1 Å². The van der Waals surface area contributed by atoms with Crippen molar-refractivity contribution in [3.05, 3.63) is 65.2 Å². The average Bonchev–Trinajstić information content (AvgIpc) is 3.05. The van der Waals surface area contributed by atoms with Crippen LogP contribution in [-0.4, -0.2) is 38.7 Å². The monoisotopic (exact) mass is 353 g/mol. The smallest absolute Gasteiger partial charge is 0.315 e. The van der Waals surface area contributed by atoms with Crippen LogP contribution in [0.15, 0.2) is 48.5 Å². The lowest BCUT2D eigenvalue weighted by Crippen LogP contribution is -2.41. The average molecular weight is 353 g/mol. The van der Waals surface area contributed by atoms with E-state index in [4.69, 9.17) is 4.74 Å². The van der Waals surface area contributed by atoms with E-state index in [1.807, 2.05) is 44.4 Å². The van der Waals surface area contributed by atoms with Crippen LogP contribution in [0.2, 0.25) is 0 Å². The number of ether oxygens (including phenoxy) is 1. The van der Waals surface area contributed by atoms with E-state index >= 15 is 0 Å². The Kier molecular flexibility index (Phi) is 5.78. The summed E-state index contributed by atoms with van der Waals surface area (Å²) in [6.45, 7) is 0.508. The first-order chi connectivity index (χ1) is 12.6. The van der Waals surface area contributed by atoms with Crippen LogP contribution in [-0.2, 0) is 6.42 Å². The molecule has 0 spiro atoms. The largest absolute Gasteiger partial charge is 0.496 e. The molecule has 2 aromatic rings. The second kappa shape index (κ2) is 8.23. The molecule has 0 saturated heterocycles. The van der Waals surface area contributed by atoms with E-state index in [0.29, 0.717) is 6.54 Å². The van der Waals surface area contributed by atoms with E-state index in [9.17, 15) is 4.79 Å². The number of aryl methyl sites for hydroxylation is 1. The number of nitrogens with zero attached hydrogens (tertiary/aromatic N) is 1. The number of fused-ring (bicyclic) bond motifs is 1. The van der Waals surface area contributed by atoms with Crippen LogP contribution in [0.5, 0.6) is 5.75 Å². The van der Waals surface area contributed by atoms with Gasteiger partial charge in [0.2, 0.25) is 0 Å². The van der Waals surface area contributed by atoms with Gasteiger partial charge in [-0.05, 0) is 44.1 Å². The van der Waals surface area contributed by atoms with Gasteiger partial charge in [-0.2, -0.15) is 0 Å². The third-order valence-corrected chi connectivity index (χ3v) is 5.02. The summed E-state index contributed by atoms with van der Waals surface area (Å²) in [7, 11) is 5.68. The highest BCUT2D eigenvalue weighted by Crippen LogP contribution is 2.31. The van der Waals surface area contributed by atoms with Gasteiger partial charge in [-0.15, -0.1) is 0 Å². The molecule has 0 bridgehead atoms. The Balaban J connectivity index is 1.62. The zero-order valence-corrected chi connectivity index (χ0v) is 15.7. The van der Waals surface area contributed by atoms with Gasteiger partial charge in [0.15, 0.2) is 0 Å². The molecule has 138 valence electrons. The molecule has 0 aromatic heterocycles. The van der Waals surface area contributed by atoms with Gasteiger partial charge in [-0.1, -0.05) is 42.5 Å². The number of amides is 2. The van der Waals surface area contributed by atoms with Gasteiger partial charge in [0.1, 0.15) is 5.75 Å². The zero-order valence-electron chi connectivity index (χ0n) is 15.7. The SMILES string of the molecule is COc1ccccc1C(CNC(=O)NC1CCc2ccccc21)N(C)C. The highest BCUT2D eigenvalue weighted by molar-refractivity contribution is 5.74. The Hall–Kier alpha value is -2.53. The summed E-state index contributed by atoms with van der Waals surface area (Å²) in [4.78, 5) is 14.5. The van der Waals surface area contributed by atoms with Gasteiger partial charge in [-0.25, -0.2) is 4.79 Å². The van der Waals surface area contributed by atoms with Crippen LogP contribution in [0.3, 0.4) is 0 Å². The lowest BCUT2D eigenvalue weighted by Gasteiger charge is -2.27. The van der Waals surface area contributed by atoms with Crippen molar-refractivity contribution in [2.75, 3.05) is 27.7 Å². The fourth-order valence-corrected chi connectivity index (χ4v) is 3.62. The van der Waals surface area contributed by atoms with Crippen molar-refractivity contribution in [2.45, 2.75) is 24.9 Å². The number of rotatable bonds is 6. The maximum atomic E-state index is 12.4. The van der Waals surface area contributed by atoms with E-state index in [0.717, 1.165) is 24.2 Å². The molecule has 0 heterocycles. The van der Waals surface area contributed by atoms with Gasteiger partial charge < -0.3 is 20.3 Å². The number of nitrogens with one attached hydrogen (secondary N) is 2. The number of urea groups is 1. The maximum Gasteiger partial charge on any atom is 0.315 e. The van der Waals surface area contributed by atoms with Crippen molar-refractivity contribution in [1.29, 1.82) is 0 Å². The molecule has 0 fully saturated rings. The minimum Gasteiger partial charge on any atom is -0.496 e. The molecule has 0 aliphatic heterocycles. The van der Waals surface area contributed by atoms with Crippen LogP contribution >= 0.6 is 0 Å². The third-order valence-electron chi connectivity index (χ3n) is 5.02. The Bertz CT molecular complexity index is 760. The van der Waals surface area contributed by atoms with Crippen LogP contribution < -0.4 is 15.4 Å². The lowest BCUT2D eigenvalue weighted by molar-refractivity contribution is 0.228. The quantitative estimate of drug-likeness (QED) is 0.838. The number of benzene rings is 2. The summed E-state index contributed by atoms with van der Waals surface area (Å²) < 4.78 is 5.47. The standard InChI is InChI=1S/C21H27N3O2/c1-24(2)19(17-10-6-7-11-20(17)26-3)14-22-21(25)23-18-13-12-15-8-4-5-9-16(15)18/h4-11,18-19H,12-14H2,1-3H3,(H2,22,23,25). The number of methoxy groups -OCH3 is 1. The number of para-hydroxylation sites is 1. The van der Waals surface area contributed by atoms with Crippen LogP contribution in [0, 0.1) is 0 Å². The maximum absolute atomic E-state index is 12.4. The van der Waals surface area contributed by atoms with Gasteiger partial charge in [0.25, 0.3) is 0 Å². The molecule has 0 saturated carbocycles. The number of hydrogen-bond acceptors (Lipinski definition) is 3. The second-order valence-electron chi connectivity index (χ2n) is 6.87. The molecule has 1 aliphatic carbocycles. The lowest BCUT2D eigenvalue weighted by atomic mass is 10.0. The molecule has 2 atom stereocenters. The molecule has 2 amide bonds. The van der Waals surface area contributed by atoms with Gasteiger partial charge in [0, 0.05) is 12.1 Å². The highest BCUT2D eigenvalue weighted by Gasteiger charge is 2.24. The molecule has 1 aliphatic rings. The zero-order chi connectivity index (χ0) is 18.5. The number of carbonyl (C=O) groups is 1. The molecule has 0 radical (unpaired) electrons. The van der Waals surface area contributed by atoms with Gasteiger partial charge >= 0.3 is 6.03 Å². The van der Waals surface area contributed by atoms with Gasteiger partial charge in [-0.3, -0.25) is 0 Å². The third kappa shape index (κ3) is 3.99. The van der Waals surface area contributed by atoms with Crippen LogP contribution in [0.4, 0.5) is 4.79 Å². The molecular weight excluding hydrogens is 326 g/mol.